The van der Waals surface area contributed by atoms with Crippen molar-refractivity contribution in [3.05, 3.63) is 77.1 Å². The standard InChI is InChI=1S/C18H13ClF2N4O/c19-13-5-1-11(2-6-13)15-9-16(25-18(24-15)22-10-23-25)12-3-7-14(8-4-12)26-17(20)21/h1-10,16-17H,(H,22,23,24)/t16-/m1/s1. The van der Waals surface area contributed by atoms with Crippen LogP contribution in [0, 0.1) is 0 Å². The summed E-state index contributed by atoms with van der Waals surface area (Å²) in [7, 11) is 0. The van der Waals surface area contributed by atoms with E-state index in [-0.39, 0.29) is 11.8 Å². The summed E-state index contributed by atoms with van der Waals surface area (Å²) in [5, 5.41) is 8.14. The van der Waals surface area contributed by atoms with Gasteiger partial charge in [0, 0.05) is 10.7 Å². The minimum absolute atomic E-state index is 0.110. The Morgan fingerprint density at radius 1 is 1.08 bits per heavy atom. The Morgan fingerprint density at radius 3 is 2.50 bits per heavy atom. The average Bonchev–Trinajstić information content (AvgIpc) is 3.10. The lowest BCUT2D eigenvalue weighted by Gasteiger charge is -2.24. The number of ether oxygens (including phenoxy) is 1. The summed E-state index contributed by atoms with van der Waals surface area (Å²) in [6.45, 7) is -2.85. The van der Waals surface area contributed by atoms with Crippen molar-refractivity contribution in [2.75, 3.05) is 5.32 Å². The molecule has 1 aromatic heterocycles. The van der Waals surface area contributed by atoms with Crippen LogP contribution in [0.4, 0.5) is 14.7 Å². The molecule has 0 saturated heterocycles. The van der Waals surface area contributed by atoms with E-state index in [2.05, 4.69) is 20.1 Å². The fourth-order valence-electron chi connectivity index (χ4n) is 2.82. The van der Waals surface area contributed by atoms with Crippen LogP contribution in [0.2, 0.25) is 5.02 Å². The number of allylic oxidation sites excluding steroid dienone is 1. The van der Waals surface area contributed by atoms with E-state index in [1.807, 2.05) is 30.3 Å². The van der Waals surface area contributed by atoms with E-state index in [1.54, 1.807) is 16.8 Å². The van der Waals surface area contributed by atoms with Gasteiger partial charge in [-0.25, -0.2) is 4.68 Å². The van der Waals surface area contributed by atoms with Crippen LogP contribution in [-0.2, 0) is 0 Å². The first-order valence-corrected chi connectivity index (χ1v) is 8.17. The van der Waals surface area contributed by atoms with E-state index in [1.165, 1.54) is 18.5 Å². The van der Waals surface area contributed by atoms with Gasteiger partial charge in [-0.05, 0) is 41.5 Å². The topological polar surface area (TPSA) is 52.0 Å². The molecule has 0 saturated carbocycles. The molecular weight excluding hydrogens is 362 g/mol. The Balaban J connectivity index is 1.70. The number of nitrogens with one attached hydrogen (secondary N) is 1. The lowest BCUT2D eigenvalue weighted by Crippen LogP contribution is -2.20. The molecule has 1 aliphatic rings. The van der Waals surface area contributed by atoms with Crippen LogP contribution in [0.1, 0.15) is 17.2 Å². The molecule has 4 rings (SSSR count). The van der Waals surface area contributed by atoms with Crippen LogP contribution in [-0.4, -0.2) is 21.4 Å². The maximum absolute atomic E-state index is 12.3. The minimum Gasteiger partial charge on any atom is -0.435 e. The quantitative estimate of drug-likeness (QED) is 0.725. The highest BCUT2D eigenvalue weighted by Crippen LogP contribution is 2.33. The fourth-order valence-corrected chi connectivity index (χ4v) is 2.94. The monoisotopic (exact) mass is 374 g/mol. The number of nitrogens with zero attached hydrogens (tertiary/aromatic N) is 3. The molecule has 1 atom stereocenters. The first-order chi connectivity index (χ1) is 12.6. The van der Waals surface area contributed by atoms with Crippen molar-refractivity contribution < 1.29 is 13.5 Å². The van der Waals surface area contributed by atoms with Gasteiger partial charge in [0.25, 0.3) is 0 Å². The van der Waals surface area contributed by atoms with E-state index >= 15 is 0 Å². The summed E-state index contributed by atoms with van der Waals surface area (Å²) in [5.74, 6) is 0.703. The number of anilines is 1. The summed E-state index contributed by atoms with van der Waals surface area (Å²) in [6, 6.07) is 13.7. The molecule has 8 heteroatoms. The van der Waals surface area contributed by atoms with Crippen molar-refractivity contribution in [1.82, 2.24) is 14.8 Å². The fraction of sp³-hybridized carbons (Fsp3) is 0.111. The maximum atomic E-state index is 12.3. The summed E-state index contributed by atoms with van der Waals surface area (Å²) >= 11 is 5.96. The molecule has 0 amide bonds. The van der Waals surface area contributed by atoms with Crippen molar-refractivity contribution in [2.24, 2.45) is 0 Å². The zero-order chi connectivity index (χ0) is 18.1. The molecule has 1 N–H and O–H groups in total. The second-order valence-corrected chi connectivity index (χ2v) is 6.07. The number of aromatic nitrogens is 3. The van der Waals surface area contributed by atoms with Crippen LogP contribution < -0.4 is 10.1 Å². The van der Waals surface area contributed by atoms with Crippen molar-refractivity contribution in [3.63, 3.8) is 0 Å². The molecule has 2 heterocycles. The predicted octanol–water partition coefficient (Wildman–Crippen LogP) is 4.59. The van der Waals surface area contributed by atoms with Gasteiger partial charge in [0.1, 0.15) is 18.1 Å². The van der Waals surface area contributed by atoms with E-state index in [0.717, 1.165) is 16.8 Å². The van der Waals surface area contributed by atoms with E-state index < -0.39 is 6.61 Å². The van der Waals surface area contributed by atoms with Crippen LogP contribution in [0.25, 0.3) is 5.70 Å². The number of alkyl halides is 2. The maximum Gasteiger partial charge on any atom is 0.387 e. The lowest BCUT2D eigenvalue weighted by molar-refractivity contribution is -0.0498. The van der Waals surface area contributed by atoms with Gasteiger partial charge in [-0.15, -0.1) is 0 Å². The van der Waals surface area contributed by atoms with Gasteiger partial charge in [0.05, 0.1) is 0 Å². The number of hydrogen-bond donors (Lipinski definition) is 1. The molecule has 0 spiro atoms. The third-order valence-electron chi connectivity index (χ3n) is 4.01. The summed E-state index contributed by atoms with van der Waals surface area (Å²) in [6.07, 6.45) is 3.45. The second-order valence-electron chi connectivity index (χ2n) is 5.63. The molecule has 2 aromatic carbocycles. The largest absolute Gasteiger partial charge is 0.435 e. The number of halogens is 3. The van der Waals surface area contributed by atoms with Crippen LogP contribution in [0.5, 0.6) is 5.75 Å². The van der Waals surface area contributed by atoms with Crippen LogP contribution in [0.3, 0.4) is 0 Å². The van der Waals surface area contributed by atoms with Gasteiger partial charge in [-0.1, -0.05) is 35.9 Å². The Bertz CT molecular complexity index is 939. The van der Waals surface area contributed by atoms with E-state index in [9.17, 15) is 8.78 Å². The van der Waals surface area contributed by atoms with Crippen molar-refractivity contribution in [3.8, 4) is 5.75 Å². The molecule has 26 heavy (non-hydrogen) atoms. The number of benzene rings is 2. The van der Waals surface area contributed by atoms with E-state index in [0.29, 0.717) is 11.0 Å². The Morgan fingerprint density at radius 2 is 1.81 bits per heavy atom. The number of rotatable bonds is 4. The number of hydrogen-bond acceptors (Lipinski definition) is 4. The van der Waals surface area contributed by atoms with Crippen LogP contribution >= 0.6 is 11.6 Å². The van der Waals surface area contributed by atoms with Gasteiger partial charge in [-0.2, -0.15) is 18.9 Å². The van der Waals surface area contributed by atoms with Gasteiger partial charge in [-0.3, -0.25) is 0 Å². The van der Waals surface area contributed by atoms with Crippen molar-refractivity contribution in [1.29, 1.82) is 0 Å². The average molecular weight is 375 g/mol. The van der Waals surface area contributed by atoms with Crippen LogP contribution in [0.15, 0.2) is 60.9 Å². The molecule has 0 fully saturated rings. The molecular formula is C18H13ClF2N4O. The third-order valence-corrected chi connectivity index (χ3v) is 4.26. The summed E-state index contributed by atoms with van der Waals surface area (Å²) < 4.78 is 30.8. The van der Waals surface area contributed by atoms with Gasteiger partial charge >= 0.3 is 6.61 Å². The van der Waals surface area contributed by atoms with Gasteiger partial charge < -0.3 is 10.1 Å². The Kier molecular flexibility index (Phi) is 4.30. The summed E-state index contributed by atoms with van der Waals surface area (Å²) in [4.78, 5) is 4.23. The highest BCUT2D eigenvalue weighted by molar-refractivity contribution is 6.30. The minimum atomic E-state index is -2.85. The first kappa shape index (κ1) is 16.5. The lowest BCUT2D eigenvalue weighted by atomic mass is 10.0. The number of fused-ring (bicyclic) bond motifs is 1. The van der Waals surface area contributed by atoms with Gasteiger partial charge in [0.15, 0.2) is 0 Å². The molecule has 1 aliphatic heterocycles. The molecule has 3 aromatic rings. The highest BCUT2D eigenvalue weighted by Gasteiger charge is 2.23. The highest BCUT2D eigenvalue weighted by atomic mass is 35.5. The molecule has 0 aliphatic carbocycles. The third kappa shape index (κ3) is 3.25. The van der Waals surface area contributed by atoms with Crippen molar-refractivity contribution >= 4 is 23.2 Å². The SMILES string of the molecule is FC(F)Oc1ccc([C@H]2C=C(c3ccc(Cl)cc3)Nc3ncnn32)cc1. The summed E-state index contributed by atoms with van der Waals surface area (Å²) in [5.41, 5.74) is 2.68. The van der Waals surface area contributed by atoms with E-state index in [4.69, 9.17) is 11.6 Å². The Hall–Kier alpha value is -2.93. The van der Waals surface area contributed by atoms with Gasteiger partial charge in [0.2, 0.25) is 5.95 Å². The first-order valence-electron chi connectivity index (χ1n) is 7.79. The zero-order valence-corrected chi connectivity index (χ0v) is 14.1. The smallest absolute Gasteiger partial charge is 0.387 e. The Labute approximate surface area is 152 Å². The van der Waals surface area contributed by atoms with Crippen molar-refractivity contribution in [2.45, 2.75) is 12.7 Å². The molecule has 0 bridgehead atoms. The predicted molar refractivity (Wildman–Crippen MR) is 94.3 cm³/mol. The molecule has 5 nitrogen and oxygen atoms in total. The zero-order valence-electron chi connectivity index (χ0n) is 13.3. The molecule has 132 valence electrons. The molecule has 0 unspecified atom stereocenters. The second kappa shape index (κ2) is 6.76. The normalized spacial score (nSPS) is 16.0. The molecule has 0 radical (unpaired) electrons.